The van der Waals surface area contributed by atoms with E-state index in [2.05, 4.69) is 5.16 Å². The van der Waals surface area contributed by atoms with E-state index >= 15 is 0 Å². The molecular weight excluding hydrogens is 393 g/mol. The number of aromatic nitrogens is 1. The Balaban J connectivity index is 0.00000300. The van der Waals surface area contributed by atoms with Gasteiger partial charge >= 0.3 is 0 Å². The molecule has 1 amide bonds. The molecule has 7 heteroatoms. The van der Waals surface area contributed by atoms with E-state index in [4.69, 9.17) is 10.3 Å². The van der Waals surface area contributed by atoms with Gasteiger partial charge in [0.1, 0.15) is 17.3 Å². The molecule has 2 N–H and O–H groups in total. The quantitative estimate of drug-likeness (QED) is 0.415. The van der Waals surface area contributed by atoms with Gasteiger partial charge < -0.3 is 15.2 Å². The summed E-state index contributed by atoms with van der Waals surface area (Å²) in [7, 11) is 1.80. The number of carbonyl (C=O) groups excluding carboxylic acids is 1. The van der Waals surface area contributed by atoms with Crippen molar-refractivity contribution in [2.75, 3.05) is 19.3 Å². The standard InChI is InChI=1S/C22H24FN3O2.ClH/c1-26(22(27)17-8-6-10-19(24)14-17)12-4-2-3-11-20-15-21(25-28-20)16-7-5-9-18(23)13-16;/h5-10,13-15H,2-4,11-12,24H2,1H3;1H. The average molecular weight is 418 g/mol. The van der Waals surface area contributed by atoms with E-state index in [-0.39, 0.29) is 24.1 Å². The molecule has 1 aromatic heterocycles. The highest BCUT2D eigenvalue weighted by atomic mass is 35.5. The van der Waals surface area contributed by atoms with Crippen molar-refractivity contribution in [3.05, 3.63) is 71.7 Å². The molecule has 0 atom stereocenters. The molecule has 0 radical (unpaired) electrons. The van der Waals surface area contributed by atoms with E-state index in [1.165, 1.54) is 12.1 Å². The number of halogens is 2. The SMILES string of the molecule is CN(CCCCCc1cc(-c2cccc(F)c2)no1)C(=O)c1cccc(N)c1.Cl. The van der Waals surface area contributed by atoms with Gasteiger partial charge in [0.25, 0.3) is 5.91 Å². The third-order valence-corrected chi connectivity index (χ3v) is 4.58. The maximum Gasteiger partial charge on any atom is 0.253 e. The summed E-state index contributed by atoms with van der Waals surface area (Å²) in [6, 6.07) is 15.2. The number of aryl methyl sites for hydroxylation is 1. The zero-order chi connectivity index (χ0) is 19.9. The second kappa shape index (κ2) is 10.6. The Bertz CT molecular complexity index is 945. The Labute approximate surface area is 176 Å². The molecular formula is C22H25ClFN3O2. The number of nitrogens with two attached hydrogens (primary N) is 1. The average Bonchev–Trinajstić information content (AvgIpc) is 3.16. The van der Waals surface area contributed by atoms with Crippen LogP contribution in [0, 0.1) is 5.82 Å². The van der Waals surface area contributed by atoms with Crippen LogP contribution in [-0.4, -0.2) is 29.6 Å². The largest absolute Gasteiger partial charge is 0.399 e. The van der Waals surface area contributed by atoms with Crippen LogP contribution in [0.1, 0.15) is 35.4 Å². The minimum absolute atomic E-state index is 0. The minimum Gasteiger partial charge on any atom is -0.399 e. The Kier molecular flexibility index (Phi) is 8.21. The van der Waals surface area contributed by atoms with Crippen molar-refractivity contribution in [3.63, 3.8) is 0 Å². The van der Waals surface area contributed by atoms with E-state index in [1.807, 2.05) is 6.07 Å². The molecule has 5 nitrogen and oxygen atoms in total. The van der Waals surface area contributed by atoms with Gasteiger partial charge in [-0.3, -0.25) is 4.79 Å². The van der Waals surface area contributed by atoms with Crippen molar-refractivity contribution < 1.29 is 13.7 Å². The lowest BCUT2D eigenvalue weighted by atomic mass is 10.1. The monoisotopic (exact) mass is 417 g/mol. The number of rotatable bonds is 8. The zero-order valence-corrected chi connectivity index (χ0v) is 17.1. The third kappa shape index (κ3) is 6.32. The summed E-state index contributed by atoms with van der Waals surface area (Å²) in [5.41, 5.74) is 8.27. The predicted molar refractivity (Wildman–Crippen MR) is 115 cm³/mol. The Morgan fingerprint density at radius 3 is 2.66 bits per heavy atom. The first-order valence-electron chi connectivity index (χ1n) is 9.35. The van der Waals surface area contributed by atoms with Crippen LogP contribution in [0.4, 0.5) is 10.1 Å². The first-order valence-corrected chi connectivity index (χ1v) is 9.35. The van der Waals surface area contributed by atoms with Gasteiger partial charge in [0.15, 0.2) is 0 Å². The number of unbranched alkanes of at least 4 members (excludes halogenated alkanes) is 2. The lowest BCUT2D eigenvalue weighted by Crippen LogP contribution is -2.27. The van der Waals surface area contributed by atoms with Crippen LogP contribution in [-0.2, 0) is 6.42 Å². The summed E-state index contributed by atoms with van der Waals surface area (Å²) in [6.07, 6.45) is 3.55. The third-order valence-electron chi connectivity index (χ3n) is 4.58. The maximum absolute atomic E-state index is 13.3. The minimum atomic E-state index is -0.293. The van der Waals surface area contributed by atoms with Gasteiger partial charge in [-0.25, -0.2) is 4.39 Å². The number of anilines is 1. The lowest BCUT2D eigenvalue weighted by molar-refractivity contribution is 0.0792. The number of nitrogens with zero attached hydrogens (tertiary/aromatic N) is 2. The molecule has 0 aliphatic rings. The van der Waals surface area contributed by atoms with Crippen molar-refractivity contribution >= 4 is 24.0 Å². The van der Waals surface area contributed by atoms with Gasteiger partial charge in [0.2, 0.25) is 0 Å². The maximum atomic E-state index is 13.3. The fourth-order valence-corrected chi connectivity index (χ4v) is 3.03. The van der Waals surface area contributed by atoms with Crippen molar-refractivity contribution in [2.24, 2.45) is 0 Å². The Morgan fingerprint density at radius 1 is 1.10 bits per heavy atom. The van der Waals surface area contributed by atoms with Crippen LogP contribution in [0.25, 0.3) is 11.3 Å². The van der Waals surface area contributed by atoms with Crippen LogP contribution < -0.4 is 5.73 Å². The van der Waals surface area contributed by atoms with E-state index in [0.717, 1.165) is 31.4 Å². The summed E-state index contributed by atoms with van der Waals surface area (Å²) in [4.78, 5) is 14.1. The van der Waals surface area contributed by atoms with E-state index in [9.17, 15) is 9.18 Å². The van der Waals surface area contributed by atoms with E-state index in [1.54, 1.807) is 48.3 Å². The molecule has 0 saturated carbocycles. The molecule has 0 spiro atoms. The second-order valence-electron chi connectivity index (χ2n) is 6.85. The second-order valence-corrected chi connectivity index (χ2v) is 6.85. The molecule has 2 aromatic carbocycles. The van der Waals surface area contributed by atoms with Crippen LogP contribution in [0.5, 0.6) is 0 Å². The number of hydrogen-bond acceptors (Lipinski definition) is 4. The van der Waals surface area contributed by atoms with E-state index < -0.39 is 0 Å². The first kappa shape index (κ1) is 22.4. The molecule has 0 unspecified atom stereocenters. The molecule has 0 aliphatic carbocycles. The lowest BCUT2D eigenvalue weighted by Gasteiger charge is -2.17. The summed E-state index contributed by atoms with van der Waals surface area (Å²) >= 11 is 0. The number of nitrogen functional groups attached to an aromatic ring is 1. The highest BCUT2D eigenvalue weighted by Crippen LogP contribution is 2.21. The van der Waals surface area contributed by atoms with Gasteiger partial charge in [-0.2, -0.15) is 0 Å². The number of hydrogen-bond donors (Lipinski definition) is 1. The smallest absolute Gasteiger partial charge is 0.253 e. The predicted octanol–water partition coefficient (Wildman–Crippen LogP) is 4.97. The first-order chi connectivity index (χ1) is 13.5. The highest BCUT2D eigenvalue weighted by Gasteiger charge is 2.11. The van der Waals surface area contributed by atoms with Gasteiger partial charge in [0.05, 0.1) is 0 Å². The summed E-state index contributed by atoms with van der Waals surface area (Å²) < 4.78 is 18.6. The summed E-state index contributed by atoms with van der Waals surface area (Å²) in [5, 5.41) is 4.01. The molecule has 0 aliphatic heterocycles. The number of benzene rings is 2. The van der Waals surface area contributed by atoms with Crippen molar-refractivity contribution in [1.82, 2.24) is 10.1 Å². The number of amides is 1. The molecule has 0 saturated heterocycles. The Hall–Kier alpha value is -2.86. The summed E-state index contributed by atoms with van der Waals surface area (Å²) in [6.45, 7) is 0.679. The molecule has 0 fully saturated rings. The fourth-order valence-electron chi connectivity index (χ4n) is 3.03. The van der Waals surface area contributed by atoms with Gasteiger partial charge in [-0.15, -0.1) is 12.4 Å². The van der Waals surface area contributed by atoms with Crippen molar-refractivity contribution in [3.8, 4) is 11.3 Å². The van der Waals surface area contributed by atoms with Crippen LogP contribution in [0.2, 0.25) is 0 Å². The zero-order valence-electron chi connectivity index (χ0n) is 16.3. The van der Waals surface area contributed by atoms with Crippen LogP contribution in [0.15, 0.2) is 59.1 Å². The molecule has 3 rings (SSSR count). The molecule has 0 bridgehead atoms. The molecule has 154 valence electrons. The van der Waals surface area contributed by atoms with Crippen molar-refractivity contribution in [1.29, 1.82) is 0 Å². The van der Waals surface area contributed by atoms with Crippen LogP contribution in [0.3, 0.4) is 0 Å². The van der Waals surface area contributed by atoms with E-state index in [0.29, 0.717) is 29.1 Å². The topological polar surface area (TPSA) is 72.4 Å². The molecule has 3 aromatic rings. The van der Waals surface area contributed by atoms with Gasteiger partial charge in [-0.1, -0.05) is 29.8 Å². The summed E-state index contributed by atoms with van der Waals surface area (Å²) in [5.74, 6) is 0.463. The fraction of sp³-hybridized carbons (Fsp3) is 0.273. The van der Waals surface area contributed by atoms with Gasteiger partial charge in [0, 0.05) is 42.9 Å². The number of carbonyl (C=O) groups is 1. The van der Waals surface area contributed by atoms with Crippen LogP contribution >= 0.6 is 12.4 Å². The van der Waals surface area contributed by atoms with Gasteiger partial charge in [-0.05, 0) is 43.2 Å². The van der Waals surface area contributed by atoms with Crippen molar-refractivity contribution in [2.45, 2.75) is 25.7 Å². The highest BCUT2D eigenvalue weighted by molar-refractivity contribution is 5.94. The molecule has 1 heterocycles. The Morgan fingerprint density at radius 2 is 1.90 bits per heavy atom. The molecule has 29 heavy (non-hydrogen) atoms. The normalized spacial score (nSPS) is 10.4.